The maximum Gasteiger partial charge on any atom is 0.252 e. The highest BCUT2D eigenvalue weighted by Gasteiger charge is 2.59. The van der Waals surface area contributed by atoms with Gasteiger partial charge in [-0.15, -0.1) is 0 Å². The third-order valence-electron chi connectivity index (χ3n) is 5.72. The van der Waals surface area contributed by atoms with Crippen LogP contribution in [0.1, 0.15) is 50.4 Å². The summed E-state index contributed by atoms with van der Waals surface area (Å²) in [7, 11) is 0. The third-order valence-corrected chi connectivity index (χ3v) is 6.61. The van der Waals surface area contributed by atoms with E-state index in [1.807, 2.05) is 22.6 Å². The molecule has 0 aliphatic heterocycles. The minimum Gasteiger partial charge on any atom is -0.348 e. The van der Waals surface area contributed by atoms with Crippen LogP contribution in [0.25, 0.3) is 0 Å². The number of hydrogen-bond donors (Lipinski definition) is 1. The summed E-state index contributed by atoms with van der Waals surface area (Å²) in [5, 5.41) is 3.25. The molecule has 0 radical (unpaired) electrons. The van der Waals surface area contributed by atoms with E-state index in [0.29, 0.717) is 15.1 Å². The molecule has 1 aromatic rings. The van der Waals surface area contributed by atoms with Crippen molar-refractivity contribution in [3.63, 3.8) is 0 Å². The second-order valence-corrected chi connectivity index (χ2v) is 8.61. The molecule has 1 amide bonds. The molecular weight excluding hydrogens is 380 g/mol. The van der Waals surface area contributed by atoms with Gasteiger partial charge in [-0.25, -0.2) is 4.39 Å². The first-order valence-electron chi connectivity index (χ1n) is 7.50. The SMILES string of the molecule is CC12CCC(C1)C(C)(C)C2NC(=O)c1ccc(F)cc1I. The van der Waals surface area contributed by atoms with Crippen LogP contribution in [-0.4, -0.2) is 11.9 Å². The van der Waals surface area contributed by atoms with Crippen molar-refractivity contribution >= 4 is 28.5 Å². The fraction of sp³-hybridized carbons (Fsp3) is 0.588. The quantitative estimate of drug-likeness (QED) is 0.733. The Morgan fingerprint density at radius 3 is 2.67 bits per heavy atom. The molecule has 2 aliphatic carbocycles. The van der Waals surface area contributed by atoms with Gasteiger partial charge in [0.1, 0.15) is 5.82 Å². The zero-order valence-electron chi connectivity index (χ0n) is 12.7. The van der Waals surface area contributed by atoms with E-state index < -0.39 is 0 Å². The number of halogens is 2. The molecule has 114 valence electrons. The van der Waals surface area contributed by atoms with Crippen molar-refractivity contribution < 1.29 is 9.18 Å². The Morgan fingerprint density at radius 2 is 2.10 bits per heavy atom. The van der Waals surface area contributed by atoms with Gasteiger partial charge in [0.25, 0.3) is 5.91 Å². The minimum absolute atomic E-state index is 0.0775. The summed E-state index contributed by atoms with van der Waals surface area (Å²) in [5.74, 6) is 0.314. The van der Waals surface area contributed by atoms with Gasteiger partial charge in [-0.3, -0.25) is 4.79 Å². The number of carbonyl (C=O) groups is 1. The molecule has 3 atom stereocenters. The van der Waals surface area contributed by atoms with Gasteiger partial charge in [-0.05, 0) is 76.8 Å². The molecule has 0 spiro atoms. The predicted octanol–water partition coefficient (Wildman–Crippen LogP) is 4.37. The fourth-order valence-electron chi connectivity index (χ4n) is 4.54. The molecule has 2 nitrogen and oxygen atoms in total. The predicted molar refractivity (Wildman–Crippen MR) is 89.6 cm³/mol. The summed E-state index contributed by atoms with van der Waals surface area (Å²) in [6, 6.07) is 4.53. The van der Waals surface area contributed by atoms with E-state index in [2.05, 4.69) is 26.1 Å². The van der Waals surface area contributed by atoms with Crippen molar-refractivity contribution in [1.29, 1.82) is 0 Å². The Bertz CT molecular complexity index is 596. The average molecular weight is 401 g/mol. The van der Waals surface area contributed by atoms with Gasteiger partial charge < -0.3 is 5.32 Å². The number of benzene rings is 1. The molecule has 3 rings (SSSR count). The first kappa shape index (κ1) is 15.3. The Morgan fingerprint density at radius 1 is 1.38 bits per heavy atom. The number of amides is 1. The number of nitrogens with one attached hydrogen (secondary N) is 1. The minimum atomic E-state index is -0.303. The Labute approximate surface area is 139 Å². The molecule has 21 heavy (non-hydrogen) atoms. The molecule has 2 aliphatic rings. The smallest absolute Gasteiger partial charge is 0.252 e. The first-order valence-corrected chi connectivity index (χ1v) is 8.58. The zero-order chi connectivity index (χ0) is 15.4. The summed E-state index contributed by atoms with van der Waals surface area (Å²) in [5.41, 5.74) is 0.905. The van der Waals surface area contributed by atoms with Gasteiger partial charge in [0.05, 0.1) is 5.56 Å². The molecule has 1 aromatic carbocycles. The van der Waals surface area contributed by atoms with Gasteiger partial charge in [-0.2, -0.15) is 0 Å². The van der Waals surface area contributed by atoms with Gasteiger partial charge >= 0.3 is 0 Å². The summed E-state index contributed by atoms with van der Waals surface area (Å²) in [4.78, 5) is 12.6. The van der Waals surface area contributed by atoms with Crippen LogP contribution < -0.4 is 5.32 Å². The number of rotatable bonds is 2. The molecule has 0 aromatic heterocycles. The van der Waals surface area contributed by atoms with Crippen molar-refractivity contribution in [3.8, 4) is 0 Å². The molecular formula is C17H21FINO. The lowest BCUT2D eigenvalue weighted by Crippen LogP contribution is -2.52. The van der Waals surface area contributed by atoms with Crippen molar-refractivity contribution in [3.05, 3.63) is 33.1 Å². The van der Waals surface area contributed by atoms with Crippen LogP contribution in [0.2, 0.25) is 0 Å². The zero-order valence-corrected chi connectivity index (χ0v) is 14.8. The molecule has 3 unspecified atom stereocenters. The van der Waals surface area contributed by atoms with E-state index in [0.717, 1.165) is 0 Å². The lowest BCUT2D eigenvalue weighted by molar-refractivity contribution is 0.0736. The highest BCUT2D eigenvalue weighted by Crippen LogP contribution is 2.62. The van der Waals surface area contributed by atoms with Crippen molar-refractivity contribution in [2.24, 2.45) is 16.7 Å². The third kappa shape index (κ3) is 2.39. The fourth-order valence-corrected chi connectivity index (χ4v) is 5.27. The van der Waals surface area contributed by atoms with Crippen LogP contribution in [0.3, 0.4) is 0 Å². The van der Waals surface area contributed by atoms with Crippen LogP contribution >= 0.6 is 22.6 Å². The number of carbonyl (C=O) groups excluding carboxylic acids is 1. The Kier molecular flexibility index (Phi) is 3.58. The van der Waals surface area contributed by atoms with Crippen LogP contribution in [0.4, 0.5) is 4.39 Å². The van der Waals surface area contributed by atoms with Gasteiger partial charge in [0.2, 0.25) is 0 Å². The molecule has 2 bridgehead atoms. The van der Waals surface area contributed by atoms with E-state index in [1.165, 1.54) is 31.4 Å². The van der Waals surface area contributed by atoms with E-state index in [9.17, 15) is 9.18 Å². The first-order chi connectivity index (χ1) is 9.74. The van der Waals surface area contributed by atoms with Gasteiger partial charge in [-0.1, -0.05) is 20.8 Å². The topological polar surface area (TPSA) is 29.1 Å². The molecule has 0 heterocycles. The summed E-state index contributed by atoms with van der Waals surface area (Å²) < 4.78 is 13.8. The Hall–Kier alpha value is -0.650. The lowest BCUT2D eigenvalue weighted by atomic mass is 9.68. The highest BCUT2D eigenvalue weighted by atomic mass is 127. The van der Waals surface area contributed by atoms with Crippen LogP contribution in [0.15, 0.2) is 18.2 Å². The maximum absolute atomic E-state index is 13.2. The molecule has 1 N–H and O–H groups in total. The second-order valence-electron chi connectivity index (χ2n) is 7.45. The molecule has 4 heteroatoms. The normalized spacial score (nSPS) is 33.2. The van der Waals surface area contributed by atoms with E-state index in [4.69, 9.17) is 0 Å². The van der Waals surface area contributed by atoms with Crippen LogP contribution in [0, 0.1) is 26.1 Å². The molecule has 2 fully saturated rings. The Balaban J connectivity index is 1.85. The van der Waals surface area contributed by atoms with Gasteiger partial charge in [0.15, 0.2) is 0 Å². The van der Waals surface area contributed by atoms with E-state index in [1.54, 1.807) is 6.07 Å². The van der Waals surface area contributed by atoms with E-state index in [-0.39, 0.29) is 28.6 Å². The monoisotopic (exact) mass is 401 g/mol. The standard InChI is InChI=1S/C17H21FINO/c1-16(2)10-6-7-17(3,9-10)15(16)20-14(21)12-5-4-11(18)8-13(12)19/h4-5,8,10,15H,6-7,9H2,1-3H3,(H,20,21). The summed E-state index contributed by atoms with van der Waals surface area (Å²) in [6.07, 6.45) is 3.65. The van der Waals surface area contributed by atoms with Crippen LogP contribution in [0.5, 0.6) is 0 Å². The van der Waals surface area contributed by atoms with Crippen LogP contribution in [-0.2, 0) is 0 Å². The number of hydrogen-bond acceptors (Lipinski definition) is 1. The maximum atomic E-state index is 13.2. The van der Waals surface area contributed by atoms with Crippen molar-refractivity contribution in [2.75, 3.05) is 0 Å². The van der Waals surface area contributed by atoms with Crippen molar-refractivity contribution in [2.45, 2.75) is 46.1 Å². The average Bonchev–Trinajstić information content (AvgIpc) is 2.85. The number of fused-ring (bicyclic) bond motifs is 2. The van der Waals surface area contributed by atoms with Crippen molar-refractivity contribution in [1.82, 2.24) is 5.32 Å². The molecule has 0 saturated heterocycles. The van der Waals surface area contributed by atoms with Gasteiger partial charge in [0, 0.05) is 9.61 Å². The summed E-state index contributed by atoms with van der Waals surface area (Å²) >= 11 is 2.02. The summed E-state index contributed by atoms with van der Waals surface area (Å²) in [6.45, 7) is 6.83. The lowest BCUT2D eigenvalue weighted by Gasteiger charge is -2.43. The highest BCUT2D eigenvalue weighted by molar-refractivity contribution is 14.1. The molecule has 2 saturated carbocycles. The largest absolute Gasteiger partial charge is 0.348 e. The second kappa shape index (κ2) is 4.93. The van der Waals surface area contributed by atoms with E-state index >= 15 is 0 Å².